The van der Waals surface area contributed by atoms with E-state index in [1.807, 2.05) is 30.3 Å². The third-order valence-electron chi connectivity index (χ3n) is 3.72. The summed E-state index contributed by atoms with van der Waals surface area (Å²) in [5, 5.41) is 7.44. The van der Waals surface area contributed by atoms with Crippen molar-refractivity contribution in [1.29, 1.82) is 0 Å². The molecule has 6 heteroatoms. The lowest BCUT2D eigenvalue weighted by atomic mass is 10.2. The minimum atomic E-state index is -0.192. The van der Waals surface area contributed by atoms with Crippen LogP contribution >= 0.6 is 0 Å². The van der Waals surface area contributed by atoms with E-state index in [1.165, 1.54) is 10.9 Å². The summed E-state index contributed by atoms with van der Waals surface area (Å²) in [7, 11) is 1.59. The zero-order chi connectivity index (χ0) is 16.9. The molecule has 1 aromatic heterocycles. The van der Waals surface area contributed by atoms with E-state index in [2.05, 4.69) is 10.4 Å². The standard InChI is InChI=1S/C18H17N3O3/c1-24-17-9-5-2-6-13(17)10-19-18(23)12-21-15-8-4-3-7-14(15)16(22)11-20-21/h2-9,11H,10,12H2,1H3,(H,19,23). The molecule has 0 aliphatic carbocycles. The fraction of sp³-hybridized carbons (Fsp3) is 0.167. The number of carbonyl (C=O) groups is 1. The number of aromatic nitrogens is 2. The number of carbonyl (C=O) groups excluding carboxylic acids is 1. The molecule has 3 rings (SSSR count). The molecule has 6 nitrogen and oxygen atoms in total. The van der Waals surface area contributed by atoms with Crippen LogP contribution in [0.1, 0.15) is 5.56 Å². The van der Waals surface area contributed by atoms with Gasteiger partial charge in [-0.05, 0) is 18.2 Å². The highest BCUT2D eigenvalue weighted by molar-refractivity contribution is 5.81. The molecule has 24 heavy (non-hydrogen) atoms. The highest BCUT2D eigenvalue weighted by atomic mass is 16.5. The number of hydrogen-bond donors (Lipinski definition) is 1. The van der Waals surface area contributed by atoms with Crippen molar-refractivity contribution in [3.63, 3.8) is 0 Å². The molecule has 1 heterocycles. The van der Waals surface area contributed by atoms with Crippen molar-refractivity contribution in [2.45, 2.75) is 13.1 Å². The van der Waals surface area contributed by atoms with Gasteiger partial charge in [0.2, 0.25) is 11.3 Å². The van der Waals surface area contributed by atoms with E-state index in [1.54, 1.807) is 25.3 Å². The van der Waals surface area contributed by atoms with E-state index in [-0.39, 0.29) is 17.9 Å². The van der Waals surface area contributed by atoms with Crippen LogP contribution in [0, 0.1) is 0 Å². The van der Waals surface area contributed by atoms with Crippen LogP contribution in [0.4, 0.5) is 0 Å². The average molecular weight is 323 g/mol. The van der Waals surface area contributed by atoms with Crippen LogP contribution < -0.4 is 15.5 Å². The number of rotatable bonds is 5. The lowest BCUT2D eigenvalue weighted by Gasteiger charge is -2.11. The van der Waals surface area contributed by atoms with Crippen molar-refractivity contribution < 1.29 is 9.53 Å². The van der Waals surface area contributed by atoms with Crippen molar-refractivity contribution in [2.75, 3.05) is 7.11 Å². The van der Waals surface area contributed by atoms with Gasteiger partial charge in [0.1, 0.15) is 12.3 Å². The number of para-hydroxylation sites is 2. The third-order valence-corrected chi connectivity index (χ3v) is 3.72. The second-order valence-corrected chi connectivity index (χ2v) is 5.27. The Labute approximate surface area is 138 Å². The Morgan fingerprint density at radius 3 is 2.75 bits per heavy atom. The number of fused-ring (bicyclic) bond motifs is 1. The van der Waals surface area contributed by atoms with Crippen molar-refractivity contribution in [1.82, 2.24) is 15.1 Å². The fourth-order valence-electron chi connectivity index (χ4n) is 2.52. The zero-order valence-corrected chi connectivity index (χ0v) is 13.2. The Balaban J connectivity index is 1.74. The van der Waals surface area contributed by atoms with Crippen molar-refractivity contribution >= 4 is 16.8 Å². The maximum absolute atomic E-state index is 12.2. The second kappa shape index (κ2) is 6.95. The van der Waals surface area contributed by atoms with Crippen LogP contribution in [0.15, 0.2) is 59.5 Å². The molecule has 0 fully saturated rings. The monoisotopic (exact) mass is 323 g/mol. The summed E-state index contributed by atoms with van der Waals surface area (Å²) in [6, 6.07) is 14.6. The van der Waals surface area contributed by atoms with E-state index in [9.17, 15) is 9.59 Å². The van der Waals surface area contributed by atoms with E-state index in [0.717, 1.165) is 11.3 Å². The molecule has 0 atom stereocenters. The molecule has 0 aliphatic heterocycles. The first-order valence-corrected chi connectivity index (χ1v) is 7.52. The Kier molecular flexibility index (Phi) is 4.56. The first-order valence-electron chi connectivity index (χ1n) is 7.52. The van der Waals surface area contributed by atoms with Crippen LogP contribution in [-0.2, 0) is 17.9 Å². The van der Waals surface area contributed by atoms with Gasteiger partial charge in [0, 0.05) is 17.5 Å². The summed E-state index contributed by atoms with van der Waals surface area (Å²) in [5.41, 5.74) is 1.37. The van der Waals surface area contributed by atoms with E-state index in [4.69, 9.17) is 4.74 Å². The van der Waals surface area contributed by atoms with Gasteiger partial charge in [-0.1, -0.05) is 30.3 Å². The molecule has 1 N–H and O–H groups in total. The predicted molar refractivity (Wildman–Crippen MR) is 90.8 cm³/mol. The normalized spacial score (nSPS) is 10.5. The SMILES string of the molecule is COc1ccccc1CNC(=O)Cn1ncc(=O)c2ccccc21. The third kappa shape index (κ3) is 3.27. The number of amides is 1. The van der Waals surface area contributed by atoms with Gasteiger partial charge in [0.25, 0.3) is 0 Å². The lowest BCUT2D eigenvalue weighted by molar-refractivity contribution is -0.121. The quantitative estimate of drug-likeness (QED) is 0.776. The van der Waals surface area contributed by atoms with Crippen LogP contribution in [0.25, 0.3) is 10.9 Å². The first kappa shape index (κ1) is 15.7. The second-order valence-electron chi connectivity index (χ2n) is 5.27. The van der Waals surface area contributed by atoms with Gasteiger partial charge >= 0.3 is 0 Å². The number of nitrogens with zero attached hydrogens (tertiary/aromatic N) is 2. The number of ether oxygens (including phenoxy) is 1. The van der Waals surface area contributed by atoms with Crippen LogP contribution in [0.2, 0.25) is 0 Å². The maximum atomic E-state index is 12.2. The van der Waals surface area contributed by atoms with Crippen LogP contribution in [-0.4, -0.2) is 22.8 Å². The Hall–Kier alpha value is -3.15. The summed E-state index contributed by atoms with van der Waals surface area (Å²) in [5.74, 6) is 0.534. The molecule has 0 saturated heterocycles. The summed E-state index contributed by atoms with van der Waals surface area (Å²) in [4.78, 5) is 24.0. The van der Waals surface area contributed by atoms with Gasteiger partial charge in [-0.25, -0.2) is 0 Å². The van der Waals surface area contributed by atoms with E-state index < -0.39 is 0 Å². The maximum Gasteiger partial charge on any atom is 0.242 e. The molecule has 3 aromatic rings. The molecule has 0 radical (unpaired) electrons. The molecule has 0 spiro atoms. The summed E-state index contributed by atoms with van der Waals surface area (Å²) < 4.78 is 6.79. The van der Waals surface area contributed by atoms with Crippen molar-refractivity contribution in [2.24, 2.45) is 0 Å². The molecule has 0 saturated carbocycles. The van der Waals surface area contributed by atoms with Gasteiger partial charge in [0.05, 0.1) is 18.8 Å². The van der Waals surface area contributed by atoms with Crippen LogP contribution in [0.3, 0.4) is 0 Å². The summed E-state index contributed by atoms with van der Waals surface area (Å²) in [6.45, 7) is 0.400. The fourth-order valence-corrected chi connectivity index (χ4v) is 2.52. The minimum Gasteiger partial charge on any atom is -0.496 e. The molecular formula is C18H17N3O3. The zero-order valence-electron chi connectivity index (χ0n) is 13.2. The smallest absolute Gasteiger partial charge is 0.242 e. The first-order chi connectivity index (χ1) is 11.7. The van der Waals surface area contributed by atoms with Gasteiger partial charge in [-0.2, -0.15) is 5.10 Å². The average Bonchev–Trinajstić information content (AvgIpc) is 2.63. The molecule has 1 amide bonds. The topological polar surface area (TPSA) is 73.2 Å². The van der Waals surface area contributed by atoms with Crippen LogP contribution in [0.5, 0.6) is 5.75 Å². The van der Waals surface area contributed by atoms with Gasteiger partial charge in [-0.15, -0.1) is 0 Å². The molecule has 0 unspecified atom stereocenters. The molecule has 2 aromatic carbocycles. The molecule has 0 bridgehead atoms. The lowest BCUT2D eigenvalue weighted by Crippen LogP contribution is -2.29. The Bertz CT molecular complexity index is 934. The number of benzene rings is 2. The highest BCUT2D eigenvalue weighted by Gasteiger charge is 2.09. The number of hydrogen-bond acceptors (Lipinski definition) is 4. The van der Waals surface area contributed by atoms with Crippen molar-refractivity contribution in [3.8, 4) is 5.75 Å². The predicted octanol–water partition coefficient (Wildman–Crippen LogP) is 1.72. The molecule has 0 aliphatic rings. The van der Waals surface area contributed by atoms with Gasteiger partial charge in [0.15, 0.2) is 0 Å². The molecule has 122 valence electrons. The van der Waals surface area contributed by atoms with Crippen molar-refractivity contribution in [3.05, 3.63) is 70.5 Å². The summed E-state index contributed by atoms with van der Waals surface area (Å²) >= 11 is 0. The van der Waals surface area contributed by atoms with Gasteiger partial charge < -0.3 is 10.1 Å². The van der Waals surface area contributed by atoms with E-state index in [0.29, 0.717) is 17.4 Å². The van der Waals surface area contributed by atoms with Gasteiger partial charge in [-0.3, -0.25) is 14.3 Å². The Morgan fingerprint density at radius 2 is 1.92 bits per heavy atom. The number of nitrogens with one attached hydrogen (secondary N) is 1. The molecular weight excluding hydrogens is 306 g/mol. The number of methoxy groups -OCH3 is 1. The van der Waals surface area contributed by atoms with E-state index >= 15 is 0 Å². The largest absolute Gasteiger partial charge is 0.496 e. The Morgan fingerprint density at radius 1 is 1.17 bits per heavy atom. The summed E-state index contributed by atoms with van der Waals surface area (Å²) in [6.07, 6.45) is 1.23. The minimum absolute atomic E-state index is 0.0376. The highest BCUT2D eigenvalue weighted by Crippen LogP contribution is 2.16.